The summed E-state index contributed by atoms with van der Waals surface area (Å²) in [5.74, 6) is 0.259. The molecule has 0 bridgehead atoms. The molecule has 6 nitrogen and oxygen atoms in total. The fourth-order valence-electron chi connectivity index (χ4n) is 2.89. The van der Waals surface area contributed by atoms with E-state index in [2.05, 4.69) is 5.32 Å². The molecule has 2 aromatic carbocycles. The molecule has 3 rings (SSSR count). The Balaban J connectivity index is 1.85. The first-order chi connectivity index (χ1) is 14.0. The second kappa shape index (κ2) is 9.43. The number of nitrogens with zero attached hydrogens (tertiary/aromatic N) is 1. The largest absolute Gasteiger partial charge is 0.467 e. The van der Waals surface area contributed by atoms with Crippen molar-refractivity contribution >= 4 is 21.6 Å². The van der Waals surface area contributed by atoms with E-state index < -0.39 is 10.0 Å². The first-order valence-corrected chi connectivity index (χ1v) is 10.9. The van der Waals surface area contributed by atoms with E-state index in [-0.39, 0.29) is 22.9 Å². The first kappa shape index (κ1) is 20.7. The van der Waals surface area contributed by atoms with Crippen LogP contribution < -0.4 is 9.62 Å². The molecular weight excluding hydrogens is 388 g/mol. The predicted molar refractivity (Wildman–Crippen MR) is 112 cm³/mol. The average molecular weight is 413 g/mol. The van der Waals surface area contributed by atoms with E-state index in [0.717, 1.165) is 12.8 Å². The predicted octanol–water partition coefficient (Wildman–Crippen LogP) is 4.21. The van der Waals surface area contributed by atoms with Crippen LogP contribution in [-0.4, -0.2) is 20.9 Å². The summed E-state index contributed by atoms with van der Waals surface area (Å²) in [5.41, 5.74) is 0.884. The standard InChI is InChI=1S/C22H24N2O4S/c1-2-3-14-24(19-10-5-4-6-11-19)29(26,27)21-13-7-9-18(16-21)22(25)23-17-20-12-8-15-28-20/h4-13,15-16H,2-3,14,17H2,1H3,(H,23,25). The van der Waals surface area contributed by atoms with Gasteiger partial charge >= 0.3 is 0 Å². The van der Waals surface area contributed by atoms with Gasteiger partial charge in [-0.1, -0.05) is 37.6 Å². The van der Waals surface area contributed by atoms with Gasteiger partial charge in [-0.05, 0) is 48.9 Å². The number of rotatable bonds is 9. The molecule has 1 aromatic heterocycles. The molecule has 0 spiro atoms. The quantitative estimate of drug-likeness (QED) is 0.571. The molecule has 0 saturated heterocycles. The van der Waals surface area contributed by atoms with Crippen molar-refractivity contribution in [1.82, 2.24) is 5.32 Å². The molecule has 7 heteroatoms. The Kier molecular flexibility index (Phi) is 6.72. The number of carbonyl (C=O) groups is 1. The molecule has 29 heavy (non-hydrogen) atoms. The Morgan fingerprint density at radius 1 is 1.03 bits per heavy atom. The lowest BCUT2D eigenvalue weighted by atomic mass is 10.2. The Morgan fingerprint density at radius 3 is 2.52 bits per heavy atom. The summed E-state index contributed by atoms with van der Waals surface area (Å²) in [4.78, 5) is 12.6. The molecule has 0 fully saturated rings. The van der Waals surface area contributed by atoms with Crippen molar-refractivity contribution in [2.45, 2.75) is 31.2 Å². The maximum atomic E-state index is 13.3. The number of anilines is 1. The lowest BCUT2D eigenvalue weighted by Crippen LogP contribution is -2.32. The molecule has 0 aliphatic carbocycles. The van der Waals surface area contributed by atoms with Crippen LogP contribution >= 0.6 is 0 Å². The first-order valence-electron chi connectivity index (χ1n) is 9.51. The van der Waals surface area contributed by atoms with Crippen LogP contribution in [-0.2, 0) is 16.6 Å². The molecule has 1 amide bonds. The lowest BCUT2D eigenvalue weighted by Gasteiger charge is -2.24. The van der Waals surface area contributed by atoms with Crippen LogP contribution in [0.3, 0.4) is 0 Å². The minimum atomic E-state index is -3.81. The Hall–Kier alpha value is -3.06. The van der Waals surface area contributed by atoms with E-state index in [1.54, 1.807) is 36.4 Å². The van der Waals surface area contributed by atoms with E-state index in [1.807, 2.05) is 25.1 Å². The second-order valence-electron chi connectivity index (χ2n) is 6.56. The van der Waals surface area contributed by atoms with Gasteiger partial charge < -0.3 is 9.73 Å². The number of benzene rings is 2. The minimum absolute atomic E-state index is 0.0862. The van der Waals surface area contributed by atoms with Crippen LogP contribution in [0.1, 0.15) is 35.9 Å². The maximum Gasteiger partial charge on any atom is 0.264 e. The van der Waals surface area contributed by atoms with Crippen molar-refractivity contribution in [3.63, 3.8) is 0 Å². The van der Waals surface area contributed by atoms with Gasteiger partial charge in [-0.25, -0.2) is 8.42 Å². The Labute approximate surface area is 171 Å². The highest BCUT2D eigenvalue weighted by Gasteiger charge is 2.25. The molecule has 3 aromatic rings. The molecule has 0 radical (unpaired) electrons. The van der Waals surface area contributed by atoms with Crippen molar-refractivity contribution in [2.24, 2.45) is 0 Å². The molecule has 0 aliphatic rings. The lowest BCUT2D eigenvalue weighted by molar-refractivity contribution is 0.0948. The highest BCUT2D eigenvalue weighted by Crippen LogP contribution is 2.24. The number of unbranched alkanes of at least 4 members (excludes halogenated alkanes) is 1. The summed E-state index contributed by atoms with van der Waals surface area (Å²) in [6.07, 6.45) is 3.13. The molecule has 1 heterocycles. The normalized spacial score (nSPS) is 11.2. The summed E-state index contributed by atoms with van der Waals surface area (Å²) in [6.45, 7) is 2.62. The van der Waals surface area contributed by atoms with E-state index in [9.17, 15) is 13.2 Å². The van der Waals surface area contributed by atoms with Crippen LogP contribution in [0.2, 0.25) is 0 Å². The highest BCUT2D eigenvalue weighted by molar-refractivity contribution is 7.92. The molecule has 0 saturated carbocycles. The van der Waals surface area contributed by atoms with Crippen LogP contribution in [0.4, 0.5) is 5.69 Å². The Bertz CT molecular complexity index is 1030. The highest BCUT2D eigenvalue weighted by atomic mass is 32.2. The fourth-order valence-corrected chi connectivity index (χ4v) is 4.44. The number of carbonyl (C=O) groups excluding carboxylic acids is 1. The maximum absolute atomic E-state index is 13.3. The molecule has 1 N–H and O–H groups in total. The minimum Gasteiger partial charge on any atom is -0.467 e. The molecule has 0 aliphatic heterocycles. The number of sulfonamides is 1. The van der Waals surface area contributed by atoms with Gasteiger partial charge in [0.1, 0.15) is 5.76 Å². The number of para-hydroxylation sites is 1. The summed E-state index contributed by atoms with van der Waals surface area (Å²) in [6, 6.07) is 18.6. The topological polar surface area (TPSA) is 79.6 Å². The van der Waals surface area contributed by atoms with Crippen molar-refractivity contribution in [3.8, 4) is 0 Å². The van der Waals surface area contributed by atoms with E-state index in [0.29, 0.717) is 18.0 Å². The number of amides is 1. The molecular formula is C22H24N2O4S. The van der Waals surface area contributed by atoms with Crippen LogP contribution in [0.15, 0.2) is 82.3 Å². The summed E-state index contributed by atoms with van der Waals surface area (Å²) in [5, 5.41) is 2.73. The van der Waals surface area contributed by atoms with Crippen molar-refractivity contribution < 1.29 is 17.6 Å². The van der Waals surface area contributed by atoms with Gasteiger partial charge in [0.25, 0.3) is 15.9 Å². The van der Waals surface area contributed by atoms with Gasteiger partial charge in [0.15, 0.2) is 0 Å². The van der Waals surface area contributed by atoms with Gasteiger partial charge in [-0.15, -0.1) is 0 Å². The van der Waals surface area contributed by atoms with E-state index in [4.69, 9.17) is 4.42 Å². The van der Waals surface area contributed by atoms with Crippen LogP contribution in [0.5, 0.6) is 0 Å². The van der Waals surface area contributed by atoms with E-state index >= 15 is 0 Å². The number of hydrogen-bond acceptors (Lipinski definition) is 4. The number of nitrogens with one attached hydrogen (secondary N) is 1. The van der Waals surface area contributed by atoms with Crippen LogP contribution in [0, 0.1) is 0 Å². The molecule has 0 unspecified atom stereocenters. The number of hydrogen-bond donors (Lipinski definition) is 1. The van der Waals surface area contributed by atoms with Crippen LogP contribution in [0.25, 0.3) is 0 Å². The van der Waals surface area contributed by atoms with Crippen molar-refractivity contribution in [3.05, 3.63) is 84.3 Å². The zero-order chi connectivity index (χ0) is 20.7. The Morgan fingerprint density at radius 2 is 1.83 bits per heavy atom. The second-order valence-corrected chi connectivity index (χ2v) is 8.42. The third-order valence-electron chi connectivity index (χ3n) is 4.45. The zero-order valence-corrected chi connectivity index (χ0v) is 17.1. The zero-order valence-electron chi connectivity index (χ0n) is 16.2. The average Bonchev–Trinajstić information content (AvgIpc) is 3.27. The molecule has 0 atom stereocenters. The summed E-state index contributed by atoms with van der Waals surface area (Å²) in [7, 11) is -3.81. The third kappa shape index (κ3) is 5.06. The summed E-state index contributed by atoms with van der Waals surface area (Å²) >= 11 is 0. The molecule has 152 valence electrons. The van der Waals surface area contributed by atoms with Gasteiger partial charge in [-0.3, -0.25) is 9.10 Å². The van der Waals surface area contributed by atoms with Gasteiger partial charge in [0.05, 0.1) is 23.4 Å². The van der Waals surface area contributed by atoms with Gasteiger partial charge in [0, 0.05) is 12.1 Å². The van der Waals surface area contributed by atoms with Gasteiger partial charge in [0.2, 0.25) is 0 Å². The monoisotopic (exact) mass is 412 g/mol. The van der Waals surface area contributed by atoms with Gasteiger partial charge in [-0.2, -0.15) is 0 Å². The number of furan rings is 1. The fraction of sp³-hybridized carbons (Fsp3) is 0.227. The SMILES string of the molecule is CCCCN(c1ccccc1)S(=O)(=O)c1cccc(C(=O)NCc2ccco2)c1. The van der Waals surface area contributed by atoms with E-state index in [1.165, 1.54) is 22.7 Å². The van der Waals surface area contributed by atoms with Crippen molar-refractivity contribution in [2.75, 3.05) is 10.8 Å². The summed E-state index contributed by atoms with van der Waals surface area (Å²) < 4.78 is 33.3. The smallest absolute Gasteiger partial charge is 0.264 e. The third-order valence-corrected chi connectivity index (χ3v) is 6.27. The van der Waals surface area contributed by atoms with Crippen molar-refractivity contribution in [1.29, 1.82) is 0 Å².